The smallest absolute Gasteiger partial charge is 0.167 e. The van der Waals surface area contributed by atoms with Crippen LogP contribution in [0.25, 0.3) is 0 Å². The first kappa shape index (κ1) is 18.6. The molecule has 148 valence electrons. The fourth-order valence-electron chi connectivity index (χ4n) is 5.96. The number of phenolic OH excluding ortho intramolecular Hbond substituents is 2. The predicted molar refractivity (Wildman–Crippen MR) is 98.4 cm³/mol. The van der Waals surface area contributed by atoms with Crippen LogP contribution in [0.1, 0.15) is 73.9 Å². The maximum atomic E-state index is 13.1. The Hall–Kier alpha value is -1.79. The monoisotopic (exact) mass is 376 g/mol. The molecule has 2 bridgehead atoms. The number of rotatable bonds is 2. The van der Waals surface area contributed by atoms with Gasteiger partial charge in [-0.3, -0.25) is 4.79 Å². The van der Waals surface area contributed by atoms with Crippen molar-refractivity contribution in [2.45, 2.75) is 64.1 Å². The number of methoxy groups -OCH3 is 1. The maximum absolute atomic E-state index is 13.1. The van der Waals surface area contributed by atoms with Gasteiger partial charge in [0.05, 0.1) is 19.3 Å². The van der Waals surface area contributed by atoms with Crippen molar-refractivity contribution in [2.24, 2.45) is 11.3 Å². The highest BCUT2D eigenvalue weighted by molar-refractivity contribution is 6.04. The lowest BCUT2D eigenvalue weighted by molar-refractivity contribution is -0.263. The lowest BCUT2D eigenvalue weighted by atomic mass is 9.47. The molecule has 27 heavy (non-hydrogen) atoms. The summed E-state index contributed by atoms with van der Waals surface area (Å²) in [6.07, 6.45) is 1.66. The van der Waals surface area contributed by atoms with E-state index in [9.17, 15) is 20.1 Å². The second-order valence-electron chi connectivity index (χ2n) is 8.91. The summed E-state index contributed by atoms with van der Waals surface area (Å²) < 4.78 is 11.2. The predicted octanol–water partition coefficient (Wildman–Crippen LogP) is 3.21. The van der Waals surface area contributed by atoms with E-state index in [4.69, 9.17) is 9.47 Å². The summed E-state index contributed by atoms with van der Waals surface area (Å²) in [5, 5.41) is 32.7. The number of aromatic hydroxyl groups is 2. The normalized spacial score (nSPS) is 35.0. The zero-order valence-corrected chi connectivity index (χ0v) is 16.3. The van der Waals surface area contributed by atoms with Gasteiger partial charge in [-0.2, -0.15) is 0 Å². The number of phenols is 2. The Bertz CT molecular complexity index is 816. The van der Waals surface area contributed by atoms with Crippen LogP contribution in [0.2, 0.25) is 0 Å². The molecule has 1 aromatic rings. The summed E-state index contributed by atoms with van der Waals surface area (Å²) in [7, 11) is 1.46. The molecule has 4 rings (SSSR count). The number of aliphatic hydroxyl groups is 1. The van der Waals surface area contributed by atoms with E-state index < -0.39 is 17.1 Å². The van der Waals surface area contributed by atoms with Gasteiger partial charge in [-0.15, -0.1) is 0 Å². The van der Waals surface area contributed by atoms with Gasteiger partial charge in [0.2, 0.25) is 0 Å². The largest absolute Gasteiger partial charge is 0.507 e. The molecular weight excluding hydrogens is 348 g/mol. The number of benzene rings is 1. The quantitative estimate of drug-likeness (QED) is 0.686. The molecular formula is C21H28O6. The first-order valence-corrected chi connectivity index (χ1v) is 9.68. The number of aliphatic hydroxyl groups excluding tert-OH is 1. The van der Waals surface area contributed by atoms with Crippen molar-refractivity contribution in [1.29, 1.82) is 0 Å². The topological polar surface area (TPSA) is 96.2 Å². The number of Topliss-reactive ketones (excluding diaryl/α,β-unsaturated/α-hetero) is 1. The Morgan fingerprint density at radius 1 is 1.22 bits per heavy atom. The van der Waals surface area contributed by atoms with Gasteiger partial charge in [0.1, 0.15) is 5.75 Å². The summed E-state index contributed by atoms with van der Waals surface area (Å²) in [6, 6.07) is 0. The van der Waals surface area contributed by atoms with E-state index in [0.29, 0.717) is 11.1 Å². The van der Waals surface area contributed by atoms with E-state index in [1.165, 1.54) is 7.11 Å². The Kier molecular flexibility index (Phi) is 4.02. The minimum absolute atomic E-state index is 0.0729. The molecule has 1 aromatic carbocycles. The van der Waals surface area contributed by atoms with Crippen LogP contribution in [0, 0.1) is 11.3 Å². The summed E-state index contributed by atoms with van der Waals surface area (Å²) in [5.74, 6) is -0.405. The molecule has 1 saturated heterocycles. The molecule has 3 N–H and O–H groups in total. The number of carbonyl (C=O) groups excluding carboxylic acids is 1. The van der Waals surface area contributed by atoms with Crippen molar-refractivity contribution in [2.75, 3.05) is 13.7 Å². The highest BCUT2D eigenvalue weighted by Gasteiger charge is 2.63. The van der Waals surface area contributed by atoms with Gasteiger partial charge in [-0.25, -0.2) is 0 Å². The average Bonchev–Trinajstić information content (AvgIpc) is 2.61. The molecule has 1 heterocycles. The van der Waals surface area contributed by atoms with Gasteiger partial charge in [-0.1, -0.05) is 27.2 Å². The van der Waals surface area contributed by atoms with E-state index in [1.807, 2.05) is 20.8 Å². The van der Waals surface area contributed by atoms with Crippen LogP contribution in [0.4, 0.5) is 0 Å². The molecule has 1 aliphatic heterocycles. The van der Waals surface area contributed by atoms with E-state index in [1.54, 1.807) is 0 Å². The van der Waals surface area contributed by atoms with Crippen molar-refractivity contribution < 1.29 is 29.6 Å². The van der Waals surface area contributed by atoms with Crippen LogP contribution < -0.4 is 4.74 Å². The third-order valence-electron chi connectivity index (χ3n) is 7.25. The Balaban J connectivity index is 2.06. The van der Waals surface area contributed by atoms with Crippen LogP contribution in [0.3, 0.4) is 0 Å². The molecule has 2 aliphatic carbocycles. The lowest BCUT2D eigenvalue weighted by Crippen LogP contribution is -2.62. The molecule has 3 aliphatic rings. The summed E-state index contributed by atoms with van der Waals surface area (Å²) in [6.45, 7) is 5.95. The Morgan fingerprint density at radius 2 is 1.93 bits per heavy atom. The maximum Gasteiger partial charge on any atom is 0.167 e. The number of hydrogen-bond donors (Lipinski definition) is 3. The second-order valence-corrected chi connectivity index (χ2v) is 8.91. The van der Waals surface area contributed by atoms with Crippen LogP contribution in [0.5, 0.6) is 17.2 Å². The third kappa shape index (κ3) is 2.17. The molecule has 0 aromatic heterocycles. The van der Waals surface area contributed by atoms with E-state index in [0.717, 1.165) is 19.3 Å². The highest BCUT2D eigenvalue weighted by Crippen LogP contribution is 2.65. The van der Waals surface area contributed by atoms with Gasteiger partial charge in [-0.05, 0) is 24.7 Å². The minimum atomic E-state index is -0.933. The van der Waals surface area contributed by atoms with Gasteiger partial charge >= 0.3 is 0 Å². The number of ketones is 1. The lowest BCUT2D eigenvalue weighted by Gasteiger charge is -2.60. The molecule has 0 spiro atoms. The van der Waals surface area contributed by atoms with E-state index in [2.05, 4.69) is 0 Å². The standard InChI is InChI=1S/C21H28O6/c1-10(2)13-16(23)14-11(22)8-12-20(3)6-5-7-21(12,9-27-19(20)25)15(14)17(24)18(13)26-4/h10,12,19,23-25H,5-9H2,1-4H3/t12?,19?,20-,21+/m0/s1. The van der Waals surface area contributed by atoms with Crippen LogP contribution in [-0.2, 0) is 10.2 Å². The molecule has 2 fully saturated rings. The number of hydrogen-bond acceptors (Lipinski definition) is 6. The zero-order valence-electron chi connectivity index (χ0n) is 16.3. The number of carbonyl (C=O) groups is 1. The van der Waals surface area contributed by atoms with Crippen molar-refractivity contribution in [1.82, 2.24) is 0 Å². The van der Waals surface area contributed by atoms with Crippen LogP contribution >= 0.6 is 0 Å². The second kappa shape index (κ2) is 5.85. The van der Waals surface area contributed by atoms with E-state index in [-0.39, 0.29) is 53.5 Å². The SMILES string of the molecule is COc1c(O)c2c(c(O)c1C(C)C)C(=O)CC1[C@]23CCC[C@]1(C)C(O)OC3. The van der Waals surface area contributed by atoms with Crippen molar-refractivity contribution in [3.8, 4) is 17.2 Å². The first-order valence-electron chi connectivity index (χ1n) is 9.68. The van der Waals surface area contributed by atoms with Gasteiger partial charge in [0.25, 0.3) is 0 Å². The third-order valence-corrected chi connectivity index (χ3v) is 7.25. The molecule has 2 unspecified atom stereocenters. The zero-order chi connectivity index (χ0) is 19.7. The molecule has 0 radical (unpaired) electrons. The Morgan fingerprint density at radius 3 is 2.56 bits per heavy atom. The highest BCUT2D eigenvalue weighted by atomic mass is 16.6. The fourth-order valence-corrected chi connectivity index (χ4v) is 5.96. The first-order chi connectivity index (χ1) is 12.7. The number of ether oxygens (including phenoxy) is 2. The molecule has 6 nitrogen and oxygen atoms in total. The van der Waals surface area contributed by atoms with Gasteiger partial charge in [0, 0.05) is 28.4 Å². The summed E-state index contributed by atoms with van der Waals surface area (Å²) >= 11 is 0. The van der Waals surface area contributed by atoms with E-state index >= 15 is 0 Å². The molecule has 6 heteroatoms. The van der Waals surface area contributed by atoms with Crippen molar-refractivity contribution in [3.05, 3.63) is 16.7 Å². The van der Waals surface area contributed by atoms with Gasteiger partial charge < -0.3 is 24.8 Å². The average molecular weight is 376 g/mol. The summed E-state index contributed by atoms with van der Waals surface area (Å²) in [5.41, 5.74) is -0.0690. The summed E-state index contributed by atoms with van der Waals surface area (Å²) in [4.78, 5) is 13.1. The fraction of sp³-hybridized carbons (Fsp3) is 0.667. The van der Waals surface area contributed by atoms with Crippen molar-refractivity contribution >= 4 is 5.78 Å². The van der Waals surface area contributed by atoms with Crippen LogP contribution in [-0.4, -0.2) is 41.1 Å². The number of fused-ring (bicyclic) bond motifs is 1. The van der Waals surface area contributed by atoms with Gasteiger partial charge in [0.15, 0.2) is 23.6 Å². The Labute approximate surface area is 159 Å². The van der Waals surface area contributed by atoms with Crippen molar-refractivity contribution in [3.63, 3.8) is 0 Å². The molecule has 1 saturated carbocycles. The molecule has 4 atom stereocenters. The van der Waals surface area contributed by atoms with Crippen LogP contribution in [0.15, 0.2) is 0 Å². The minimum Gasteiger partial charge on any atom is -0.507 e. The molecule has 0 amide bonds.